The number of nitrogens with zero attached hydrogens (tertiary/aromatic N) is 3. The highest BCUT2D eigenvalue weighted by Gasteiger charge is 2.29. The molecule has 1 N–H and O–H groups in total. The van der Waals surface area contributed by atoms with Crippen LogP contribution in [0.15, 0.2) is 23.3 Å². The van der Waals surface area contributed by atoms with Gasteiger partial charge in [0, 0.05) is 43.7 Å². The third-order valence-electron chi connectivity index (χ3n) is 4.38. The lowest BCUT2D eigenvalue weighted by atomic mass is 10.1. The van der Waals surface area contributed by atoms with Crippen LogP contribution in [0.4, 0.5) is 4.39 Å². The first-order chi connectivity index (χ1) is 10.7. The van der Waals surface area contributed by atoms with Gasteiger partial charge in [-0.3, -0.25) is 14.7 Å². The van der Waals surface area contributed by atoms with Gasteiger partial charge in [0.1, 0.15) is 11.6 Å². The topological polar surface area (TPSA) is 61.9 Å². The van der Waals surface area contributed by atoms with Crippen LogP contribution in [0.1, 0.15) is 41.4 Å². The van der Waals surface area contributed by atoms with Crippen molar-refractivity contribution in [3.63, 3.8) is 0 Å². The number of nitrogens with one attached hydrogen (secondary N) is 1. The van der Waals surface area contributed by atoms with Crippen LogP contribution in [0.2, 0.25) is 0 Å². The molecule has 1 aliphatic carbocycles. The lowest BCUT2D eigenvalue weighted by Gasteiger charge is -2.27. The molecule has 2 aromatic heterocycles. The van der Waals surface area contributed by atoms with E-state index in [4.69, 9.17) is 0 Å². The Morgan fingerprint density at radius 2 is 2.27 bits per heavy atom. The molecule has 2 aliphatic rings. The fourth-order valence-electron chi connectivity index (χ4n) is 2.96. The summed E-state index contributed by atoms with van der Waals surface area (Å²) in [5, 5.41) is 0. The molecule has 1 fully saturated rings. The standard InChI is InChI=1S/C16H17FN4O/c17-13-7-18-5-3-11(13)8-21-6-4-14-12(9-21)16(22)20-15(19-14)10-1-2-10/h3,5,7,10H,1-2,4,6,8-9H2,(H,19,20,22). The maximum absolute atomic E-state index is 13.7. The zero-order valence-corrected chi connectivity index (χ0v) is 12.2. The van der Waals surface area contributed by atoms with Gasteiger partial charge in [0.15, 0.2) is 0 Å². The summed E-state index contributed by atoms with van der Waals surface area (Å²) in [5.41, 5.74) is 2.21. The average molecular weight is 300 g/mol. The van der Waals surface area contributed by atoms with Crippen molar-refractivity contribution in [3.05, 3.63) is 57.3 Å². The van der Waals surface area contributed by atoms with Crippen molar-refractivity contribution < 1.29 is 4.39 Å². The second kappa shape index (κ2) is 5.28. The molecule has 0 bridgehead atoms. The van der Waals surface area contributed by atoms with Crippen molar-refractivity contribution in [1.29, 1.82) is 0 Å². The van der Waals surface area contributed by atoms with Gasteiger partial charge in [0.2, 0.25) is 0 Å². The van der Waals surface area contributed by atoms with E-state index in [1.54, 1.807) is 12.3 Å². The molecule has 0 radical (unpaired) electrons. The van der Waals surface area contributed by atoms with Crippen LogP contribution < -0.4 is 5.56 Å². The molecule has 0 aromatic carbocycles. The van der Waals surface area contributed by atoms with Crippen LogP contribution in [-0.2, 0) is 19.5 Å². The van der Waals surface area contributed by atoms with Gasteiger partial charge in [-0.2, -0.15) is 0 Å². The Bertz CT molecular complexity index is 769. The Morgan fingerprint density at radius 1 is 1.41 bits per heavy atom. The minimum absolute atomic E-state index is 0.0354. The summed E-state index contributed by atoms with van der Waals surface area (Å²) in [6, 6.07) is 1.68. The van der Waals surface area contributed by atoms with E-state index in [1.807, 2.05) is 0 Å². The molecule has 0 unspecified atom stereocenters. The fourth-order valence-corrected chi connectivity index (χ4v) is 2.96. The van der Waals surface area contributed by atoms with Crippen LogP contribution in [0, 0.1) is 5.82 Å². The van der Waals surface area contributed by atoms with E-state index in [2.05, 4.69) is 19.9 Å². The number of aromatic amines is 1. The van der Waals surface area contributed by atoms with Gasteiger partial charge in [-0.25, -0.2) is 9.37 Å². The third kappa shape index (κ3) is 2.54. The van der Waals surface area contributed by atoms with Gasteiger partial charge in [-0.1, -0.05) is 0 Å². The number of hydrogen-bond donors (Lipinski definition) is 1. The van der Waals surface area contributed by atoms with E-state index in [1.165, 1.54) is 6.20 Å². The first kappa shape index (κ1) is 13.6. The van der Waals surface area contributed by atoms with Crippen LogP contribution in [0.5, 0.6) is 0 Å². The minimum atomic E-state index is -0.301. The monoisotopic (exact) mass is 300 g/mol. The first-order valence-electron chi connectivity index (χ1n) is 7.63. The number of fused-ring (bicyclic) bond motifs is 1. The zero-order chi connectivity index (χ0) is 15.1. The van der Waals surface area contributed by atoms with Crippen LogP contribution in [-0.4, -0.2) is 26.4 Å². The Balaban J connectivity index is 1.56. The quantitative estimate of drug-likeness (QED) is 0.938. The Morgan fingerprint density at radius 3 is 3.05 bits per heavy atom. The van der Waals surface area contributed by atoms with Gasteiger partial charge < -0.3 is 4.98 Å². The predicted octanol–water partition coefficient (Wildman–Crippen LogP) is 1.74. The van der Waals surface area contributed by atoms with E-state index in [9.17, 15) is 9.18 Å². The number of H-pyrrole nitrogens is 1. The smallest absolute Gasteiger partial charge is 0.255 e. The van der Waals surface area contributed by atoms with Crippen molar-refractivity contribution in [2.75, 3.05) is 6.54 Å². The Kier molecular flexibility index (Phi) is 3.26. The summed E-state index contributed by atoms with van der Waals surface area (Å²) in [6.07, 6.45) is 5.80. The van der Waals surface area contributed by atoms with Crippen molar-refractivity contribution in [3.8, 4) is 0 Å². The fraction of sp³-hybridized carbons (Fsp3) is 0.438. The highest BCUT2D eigenvalue weighted by atomic mass is 19.1. The van der Waals surface area contributed by atoms with Gasteiger partial charge in [0.25, 0.3) is 5.56 Å². The summed E-state index contributed by atoms with van der Waals surface area (Å²) in [6.45, 7) is 1.79. The molecule has 2 aromatic rings. The molecular weight excluding hydrogens is 283 g/mol. The minimum Gasteiger partial charge on any atom is -0.310 e. The highest BCUT2D eigenvalue weighted by Crippen LogP contribution is 2.37. The zero-order valence-electron chi connectivity index (χ0n) is 12.2. The third-order valence-corrected chi connectivity index (χ3v) is 4.38. The van der Waals surface area contributed by atoms with E-state index in [0.717, 1.165) is 42.9 Å². The summed E-state index contributed by atoms with van der Waals surface area (Å²) in [5.74, 6) is 0.990. The molecule has 1 saturated carbocycles. The van der Waals surface area contributed by atoms with Crippen LogP contribution in [0.3, 0.4) is 0 Å². The van der Waals surface area contributed by atoms with E-state index in [-0.39, 0.29) is 11.4 Å². The van der Waals surface area contributed by atoms with Crippen LogP contribution in [0.25, 0.3) is 0 Å². The molecule has 0 amide bonds. The van der Waals surface area contributed by atoms with E-state index < -0.39 is 0 Å². The van der Waals surface area contributed by atoms with Gasteiger partial charge in [0.05, 0.1) is 17.5 Å². The SMILES string of the molecule is O=c1[nH]c(C2CC2)nc2c1CN(Cc1ccncc1F)CC2. The molecule has 22 heavy (non-hydrogen) atoms. The lowest BCUT2D eigenvalue weighted by Crippen LogP contribution is -2.36. The largest absolute Gasteiger partial charge is 0.310 e. The molecule has 1 aliphatic heterocycles. The molecule has 0 atom stereocenters. The number of hydrogen-bond acceptors (Lipinski definition) is 4. The molecule has 5 nitrogen and oxygen atoms in total. The molecule has 0 saturated heterocycles. The average Bonchev–Trinajstić information content (AvgIpc) is 3.35. The second-order valence-electron chi connectivity index (χ2n) is 6.08. The lowest BCUT2D eigenvalue weighted by molar-refractivity contribution is 0.238. The van der Waals surface area contributed by atoms with E-state index >= 15 is 0 Å². The number of aromatic nitrogens is 3. The summed E-state index contributed by atoms with van der Waals surface area (Å²) in [4.78, 5) is 25.7. The van der Waals surface area contributed by atoms with Gasteiger partial charge >= 0.3 is 0 Å². The molecule has 114 valence electrons. The van der Waals surface area contributed by atoms with Gasteiger partial charge in [-0.05, 0) is 18.9 Å². The second-order valence-corrected chi connectivity index (χ2v) is 6.08. The van der Waals surface area contributed by atoms with Crippen molar-refractivity contribution in [1.82, 2.24) is 19.9 Å². The van der Waals surface area contributed by atoms with Crippen molar-refractivity contribution >= 4 is 0 Å². The first-order valence-corrected chi connectivity index (χ1v) is 7.63. The maximum atomic E-state index is 13.7. The number of pyridine rings is 1. The predicted molar refractivity (Wildman–Crippen MR) is 78.8 cm³/mol. The molecule has 4 rings (SSSR count). The number of halogens is 1. The van der Waals surface area contributed by atoms with E-state index in [0.29, 0.717) is 24.6 Å². The Hall–Kier alpha value is -2.08. The van der Waals surface area contributed by atoms with Crippen molar-refractivity contribution in [2.45, 2.75) is 38.3 Å². The molecule has 3 heterocycles. The molecule has 6 heteroatoms. The summed E-state index contributed by atoms with van der Waals surface area (Å²) >= 11 is 0. The summed E-state index contributed by atoms with van der Waals surface area (Å²) < 4.78 is 13.7. The highest BCUT2D eigenvalue weighted by molar-refractivity contribution is 5.23. The summed E-state index contributed by atoms with van der Waals surface area (Å²) in [7, 11) is 0. The molecule has 0 spiro atoms. The van der Waals surface area contributed by atoms with Crippen LogP contribution >= 0.6 is 0 Å². The van der Waals surface area contributed by atoms with Crippen molar-refractivity contribution in [2.24, 2.45) is 0 Å². The normalized spacial score (nSPS) is 18.2. The maximum Gasteiger partial charge on any atom is 0.255 e. The Labute approximate surface area is 127 Å². The number of rotatable bonds is 3. The molecular formula is C16H17FN4O. The van der Waals surface area contributed by atoms with Gasteiger partial charge in [-0.15, -0.1) is 0 Å².